The Bertz CT molecular complexity index is 1030. The van der Waals surface area contributed by atoms with E-state index in [1.807, 2.05) is 0 Å². The summed E-state index contributed by atoms with van der Waals surface area (Å²) >= 11 is 1.80. The third-order valence-electron chi connectivity index (χ3n) is 4.65. The third kappa shape index (κ3) is 2.60. The van der Waals surface area contributed by atoms with E-state index in [1.54, 1.807) is 11.8 Å². The second-order valence-corrected chi connectivity index (χ2v) is 7.41. The molecule has 0 amide bonds. The summed E-state index contributed by atoms with van der Waals surface area (Å²) in [5, 5.41) is 7.94. The molecule has 23 heavy (non-hydrogen) atoms. The highest BCUT2D eigenvalue weighted by atomic mass is 32.2. The van der Waals surface area contributed by atoms with Crippen LogP contribution in [0.1, 0.15) is 25.3 Å². The van der Waals surface area contributed by atoms with Gasteiger partial charge in [-0.2, -0.15) is 0 Å². The summed E-state index contributed by atoms with van der Waals surface area (Å²) in [5.41, 5.74) is 1.40. The SMILES string of the molecule is CSc1ccc2cc3cc4cc(C(C)C)ccc4cc3cc2c1. The van der Waals surface area contributed by atoms with Crippen molar-refractivity contribution in [2.75, 3.05) is 6.26 Å². The first kappa shape index (κ1) is 14.6. The molecule has 0 fully saturated rings. The molecule has 1 heteroatoms. The zero-order valence-electron chi connectivity index (χ0n) is 13.8. The lowest BCUT2D eigenvalue weighted by Crippen LogP contribution is -1.87. The highest BCUT2D eigenvalue weighted by Crippen LogP contribution is 2.30. The van der Waals surface area contributed by atoms with Gasteiger partial charge in [-0.3, -0.25) is 0 Å². The topological polar surface area (TPSA) is 0 Å². The van der Waals surface area contributed by atoms with Gasteiger partial charge in [0.05, 0.1) is 0 Å². The highest BCUT2D eigenvalue weighted by Gasteiger charge is 2.04. The number of hydrogen-bond donors (Lipinski definition) is 0. The summed E-state index contributed by atoms with van der Waals surface area (Å²) in [6.07, 6.45) is 2.13. The van der Waals surface area contributed by atoms with Crippen molar-refractivity contribution in [3.8, 4) is 0 Å². The van der Waals surface area contributed by atoms with E-state index in [-0.39, 0.29) is 0 Å². The molecule has 0 unspecified atom stereocenters. The average Bonchev–Trinajstić information content (AvgIpc) is 2.57. The molecule has 0 spiro atoms. The fraction of sp³-hybridized carbons (Fsp3) is 0.182. The molecule has 0 nitrogen and oxygen atoms in total. The molecule has 0 saturated heterocycles. The fourth-order valence-corrected chi connectivity index (χ4v) is 3.68. The van der Waals surface area contributed by atoms with E-state index in [1.165, 1.54) is 42.8 Å². The summed E-state index contributed by atoms with van der Waals surface area (Å²) in [5.74, 6) is 0.566. The summed E-state index contributed by atoms with van der Waals surface area (Å²) < 4.78 is 0. The molecule has 114 valence electrons. The van der Waals surface area contributed by atoms with Gasteiger partial charge in [0.15, 0.2) is 0 Å². The number of benzene rings is 4. The lowest BCUT2D eigenvalue weighted by molar-refractivity contribution is 0.869. The molecule has 0 atom stereocenters. The predicted octanol–water partition coefficient (Wildman–Crippen LogP) is 6.99. The molecular formula is C22H20S. The van der Waals surface area contributed by atoms with Crippen LogP contribution < -0.4 is 0 Å². The van der Waals surface area contributed by atoms with Gasteiger partial charge >= 0.3 is 0 Å². The van der Waals surface area contributed by atoms with Crippen molar-refractivity contribution in [3.63, 3.8) is 0 Å². The fourth-order valence-electron chi connectivity index (χ4n) is 3.23. The van der Waals surface area contributed by atoms with Gasteiger partial charge in [0.1, 0.15) is 0 Å². The van der Waals surface area contributed by atoms with Crippen LogP contribution in [-0.4, -0.2) is 6.26 Å². The molecule has 4 aromatic carbocycles. The van der Waals surface area contributed by atoms with E-state index >= 15 is 0 Å². The summed E-state index contributed by atoms with van der Waals surface area (Å²) in [6.45, 7) is 4.50. The molecule has 0 aliphatic heterocycles. The van der Waals surface area contributed by atoms with E-state index in [4.69, 9.17) is 0 Å². The lowest BCUT2D eigenvalue weighted by atomic mass is 9.96. The second kappa shape index (κ2) is 5.58. The largest absolute Gasteiger partial charge is 0.130 e. The minimum absolute atomic E-state index is 0.566. The maximum absolute atomic E-state index is 2.33. The van der Waals surface area contributed by atoms with Gasteiger partial charge in [0.25, 0.3) is 0 Å². The lowest BCUT2D eigenvalue weighted by Gasteiger charge is -2.09. The molecule has 0 aliphatic rings. The zero-order valence-corrected chi connectivity index (χ0v) is 14.6. The normalized spacial score (nSPS) is 11.8. The highest BCUT2D eigenvalue weighted by molar-refractivity contribution is 7.98. The van der Waals surface area contributed by atoms with Crippen LogP contribution in [0.2, 0.25) is 0 Å². The van der Waals surface area contributed by atoms with Crippen molar-refractivity contribution in [2.45, 2.75) is 24.7 Å². The molecule has 0 aliphatic carbocycles. The minimum Gasteiger partial charge on any atom is -0.130 e. The third-order valence-corrected chi connectivity index (χ3v) is 5.37. The van der Waals surface area contributed by atoms with Crippen LogP contribution in [0.25, 0.3) is 32.3 Å². The van der Waals surface area contributed by atoms with E-state index in [2.05, 4.69) is 80.8 Å². The van der Waals surface area contributed by atoms with Crippen molar-refractivity contribution >= 4 is 44.1 Å². The molecule has 4 aromatic rings. The Balaban J connectivity index is 1.99. The molecule has 0 radical (unpaired) electrons. The molecule has 0 heterocycles. The first-order valence-electron chi connectivity index (χ1n) is 8.09. The van der Waals surface area contributed by atoms with E-state index in [0.717, 1.165) is 0 Å². The zero-order chi connectivity index (χ0) is 16.0. The van der Waals surface area contributed by atoms with Gasteiger partial charge in [-0.25, -0.2) is 0 Å². The van der Waals surface area contributed by atoms with E-state index < -0.39 is 0 Å². The van der Waals surface area contributed by atoms with Gasteiger partial charge in [-0.1, -0.05) is 38.1 Å². The Hall–Kier alpha value is -1.99. The molecule has 0 N–H and O–H groups in total. The van der Waals surface area contributed by atoms with Crippen molar-refractivity contribution in [3.05, 3.63) is 66.2 Å². The maximum atomic E-state index is 2.33. The van der Waals surface area contributed by atoms with Crippen LogP contribution in [-0.2, 0) is 0 Å². The molecule has 0 bridgehead atoms. The van der Waals surface area contributed by atoms with Crippen LogP contribution >= 0.6 is 11.8 Å². The summed E-state index contributed by atoms with van der Waals surface area (Å²) in [7, 11) is 0. The maximum Gasteiger partial charge on any atom is 0.00755 e. The second-order valence-electron chi connectivity index (χ2n) is 6.53. The monoisotopic (exact) mass is 316 g/mol. The Kier molecular flexibility index (Phi) is 3.54. The Morgan fingerprint density at radius 3 is 1.74 bits per heavy atom. The first-order valence-corrected chi connectivity index (χ1v) is 9.32. The Labute approximate surface area is 141 Å². The number of fused-ring (bicyclic) bond motifs is 3. The quantitative estimate of drug-likeness (QED) is 0.283. The van der Waals surface area contributed by atoms with E-state index in [0.29, 0.717) is 5.92 Å². The van der Waals surface area contributed by atoms with E-state index in [9.17, 15) is 0 Å². The standard InChI is InChI=1S/C22H20S/c1-14(2)15-4-5-16-9-20-12-21-13-22(23-3)7-6-17(21)10-19(20)11-18(16)8-15/h4-14H,1-3H3. The van der Waals surface area contributed by atoms with Gasteiger partial charge < -0.3 is 0 Å². The van der Waals surface area contributed by atoms with Gasteiger partial charge in [-0.05, 0) is 86.5 Å². The summed E-state index contributed by atoms with van der Waals surface area (Å²) in [6, 6.07) is 22.9. The predicted molar refractivity (Wildman–Crippen MR) is 105 cm³/mol. The Morgan fingerprint density at radius 1 is 0.609 bits per heavy atom. The molecular weight excluding hydrogens is 296 g/mol. The van der Waals surface area contributed by atoms with Crippen LogP contribution in [0.3, 0.4) is 0 Å². The van der Waals surface area contributed by atoms with Gasteiger partial charge in [0, 0.05) is 4.90 Å². The van der Waals surface area contributed by atoms with Crippen molar-refractivity contribution in [2.24, 2.45) is 0 Å². The van der Waals surface area contributed by atoms with Crippen LogP contribution in [0.5, 0.6) is 0 Å². The van der Waals surface area contributed by atoms with Crippen molar-refractivity contribution in [1.82, 2.24) is 0 Å². The van der Waals surface area contributed by atoms with Crippen molar-refractivity contribution < 1.29 is 0 Å². The Morgan fingerprint density at radius 2 is 1.13 bits per heavy atom. The molecule has 0 saturated carbocycles. The number of rotatable bonds is 2. The van der Waals surface area contributed by atoms with Crippen molar-refractivity contribution in [1.29, 1.82) is 0 Å². The van der Waals surface area contributed by atoms with Crippen LogP contribution in [0.15, 0.2) is 65.6 Å². The first-order chi connectivity index (χ1) is 11.1. The molecule has 0 aromatic heterocycles. The molecule has 4 rings (SSSR count). The van der Waals surface area contributed by atoms with Crippen LogP contribution in [0.4, 0.5) is 0 Å². The van der Waals surface area contributed by atoms with Gasteiger partial charge in [0.2, 0.25) is 0 Å². The van der Waals surface area contributed by atoms with Gasteiger partial charge in [-0.15, -0.1) is 11.8 Å². The average molecular weight is 316 g/mol. The number of thioether (sulfide) groups is 1. The smallest absolute Gasteiger partial charge is 0.00755 e. The van der Waals surface area contributed by atoms with Crippen LogP contribution in [0, 0.1) is 0 Å². The minimum atomic E-state index is 0.566. The summed E-state index contributed by atoms with van der Waals surface area (Å²) in [4.78, 5) is 1.32. The number of hydrogen-bond acceptors (Lipinski definition) is 1.